The molecule has 1 heterocycles. The molecule has 3 aromatic carbocycles. The van der Waals surface area contributed by atoms with E-state index in [-0.39, 0.29) is 5.54 Å². The summed E-state index contributed by atoms with van der Waals surface area (Å²) in [6.07, 6.45) is 0. The third-order valence-electron chi connectivity index (χ3n) is 3.85. The molecule has 29 heavy (non-hydrogen) atoms. The van der Waals surface area contributed by atoms with Gasteiger partial charge in [-0.1, -0.05) is 63.5 Å². The monoisotopic (exact) mass is 480 g/mol. The molecule has 0 fully saturated rings. The Bertz CT molecular complexity index is 995. The molecule has 6 heteroatoms. The van der Waals surface area contributed by atoms with E-state index in [9.17, 15) is 0 Å². The van der Waals surface area contributed by atoms with E-state index >= 15 is 0 Å². The van der Waals surface area contributed by atoms with Gasteiger partial charge in [0.1, 0.15) is 0 Å². The Morgan fingerprint density at radius 3 is 1.97 bits per heavy atom. The Morgan fingerprint density at radius 2 is 1.45 bits per heavy atom. The number of hydrogen-bond donors (Lipinski definition) is 0. The van der Waals surface area contributed by atoms with E-state index in [0.29, 0.717) is 0 Å². The molecule has 0 saturated heterocycles. The average molecular weight is 481 g/mol. The second kappa shape index (κ2) is 12.9. The first kappa shape index (κ1) is 26.4. The van der Waals surface area contributed by atoms with Gasteiger partial charge < -0.3 is 10.3 Å². The Labute approximate surface area is 194 Å². The van der Waals surface area contributed by atoms with Gasteiger partial charge in [0, 0.05) is 21.6 Å². The van der Waals surface area contributed by atoms with Crippen molar-refractivity contribution < 1.29 is 17.0 Å². The molecule has 4 aromatic rings. The van der Waals surface area contributed by atoms with Crippen LogP contribution in [0.1, 0.15) is 27.7 Å². The van der Waals surface area contributed by atoms with Crippen LogP contribution >= 0.6 is 18.6 Å². The topological polar surface area (TPSA) is 28.7 Å². The van der Waals surface area contributed by atoms with Gasteiger partial charge in [-0.05, 0) is 23.9 Å². The first-order valence-corrected chi connectivity index (χ1v) is 15.9. The van der Waals surface area contributed by atoms with E-state index in [1.807, 2.05) is 20.8 Å². The van der Waals surface area contributed by atoms with Crippen molar-refractivity contribution in [3.8, 4) is 0 Å². The van der Waals surface area contributed by atoms with Crippen LogP contribution in [0, 0.1) is 0 Å². The number of para-hydroxylation sites is 1. The second-order valence-electron chi connectivity index (χ2n) is 7.57. The second-order valence-corrected chi connectivity index (χ2v) is 11.2. The molecule has 0 aliphatic heterocycles. The molecule has 0 spiro atoms. The van der Waals surface area contributed by atoms with Gasteiger partial charge in [0.05, 0.1) is 0 Å². The van der Waals surface area contributed by atoms with E-state index in [0.717, 1.165) is 16.1 Å². The van der Waals surface area contributed by atoms with Crippen LogP contribution in [-0.4, -0.2) is 19.6 Å². The van der Waals surface area contributed by atoms with E-state index in [4.69, 9.17) is 24.3 Å². The summed E-state index contributed by atoms with van der Waals surface area (Å²) in [5.74, 6) is 0. The number of aryl methyl sites for hydroxylation is 1. The van der Waals surface area contributed by atoms with Crippen LogP contribution in [0.3, 0.4) is 0 Å². The number of halogens is 2. The van der Waals surface area contributed by atoms with Crippen LogP contribution in [0.15, 0.2) is 54.6 Å². The summed E-state index contributed by atoms with van der Waals surface area (Å²) in [4.78, 5) is 0. The molecular formula is C23H30Cl2N2SiTi-2. The number of rotatable bonds is 1. The quantitative estimate of drug-likeness (QED) is 0.192. The summed E-state index contributed by atoms with van der Waals surface area (Å²) in [6, 6.07) is 19.7. The van der Waals surface area contributed by atoms with E-state index in [1.54, 1.807) is 0 Å². The summed E-state index contributed by atoms with van der Waals surface area (Å²) in [5, 5.41) is 5.49. The zero-order valence-electron chi connectivity index (χ0n) is 18.1. The van der Waals surface area contributed by atoms with Gasteiger partial charge in [-0.25, -0.2) is 0 Å². The third-order valence-corrected chi connectivity index (χ3v) is 3.85. The van der Waals surface area contributed by atoms with Crippen LogP contribution < -0.4 is 0 Å². The van der Waals surface area contributed by atoms with Crippen LogP contribution in [0.5, 0.6) is 0 Å². The Hall–Kier alpha value is -0.679. The predicted octanol–water partition coefficient (Wildman–Crippen LogP) is 8.69. The van der Waals surface area contributed by atoms with Crippen molar-refractivity contribution >= 4 is 60.7 Å². The molecule has 0 unspecified atom stereocenters. The maximum atomic E-state index is 6.94. The SMILES string of the molecule is CC(C)(C)[NH-].CCn1c2ccccc2c2c3ccccc3[cH-]c21.C[Si]C.[Cl][Ti][Cl]. The standard InChI is InChI=1S/C17H14N.C4H10N.C2H6Si.2ClH.Ti/c1-2-18-15-10-6-5-9-14(15)17-13-8-4-3-7-12(13)11-16(17)18;1-4(2,3)5;1-3-2;;;/h3-11H,2H2,1H3;5H,1-3H3;1-2H3;2*1H;/q2*-1;;;;+2/p-2. The molecule has 1 N–H and O–H groups in total. The van der Waals surface area contributed by atoms with Crippen LogP contribution in [0.4, 0.5) is 0 Å². The van der Waals surface area contributed by atoms with Crippen LogP contribution in [0.25, 0.3) is 38.3 Å². The van der Waals surface area contributed by atoms with Gasteiger partial charge in [-0.15, -0.1) is 40.6 Å². The fraction of sp³-hybridized carbons (Fsp3) is 0.348. The molecular weight excluding hydrogens is 451 g/mol. The molecule has 0 saturated carbocycles. The van der Waals surface area contributed by atoms with Gasteiger partial charge in [-0.2, -0.15) is 0 Å². The minimum absolute atomic E-state index is 0.250. The predicted molar refractivity (Wildman–Crippen MR) is 131 cm³/mol. The zero-order chi connectivity index (χ0) is 22.0. The number of nitrogens with one attached hydrogen (secondary N) is 1. The summed E-state index contributed by atoms with van der Waals surface area (Å²) >= 11 is -0.556. The number of hydrogen-bond acceptors (Lipinski definition) is 0. The Kier molecular flexibility index (Phi) is 11.7. The minimum atomic E-state index is -0.556. The van der Waals surface area contributed by atoms with Crippen LogP contribution in [-0.2, 0) is 23.6 Å². The molecule has 0 aliphatic rings. The molecule has 1 aromatic heterocycles. The number of nitrogens with zero attached hydrogens (tertiary/aromatic N) is 1. The van der Waals surface area contributed by atoms with Crippen molar-refractivity contribution in [1.29, 1.82) is 0 Å². The molecule has 156 valence electrons. The molecule has 2 radical (unpaired) electrons. The molecule has 2 nitrogen and oxygen atoms in total. The summed E-state index contributed by atoms with van der Waals surface area (Å²) in [5.41, 5.74) is 9.39. The van der Waals surface area contributed by atoms with Gasteiger partial charge in [-0.3, -0.25) is 0 Å². The summed E-state index contributed by atoms with van der Waals surface area (Å²) in [6.45, 7) is 13.1. The van der Waals surface area contributed by atoms with Gasteiger partial charge in [0.25, 0.3) is 0 Å². The number of benzene rings is 2. The fourth-order valence-corrected chi connectivity index (χ4v) is 3.09. The van der Waals surface area contributed by atoms with Crippen molar-refractivity contribution in [2.75, 3.05) is 0 Å². The van der Waals surface area contributed by atoms with Crippen molar-refractivity contribution in [3.63, 3.8) is 0 Å². The maximum absolute atomic E-state index is 6.94. The van der Waals surface area contributed by atoms with E-state index in [2.05, 4.69) is 79.2 Å². The first-order valence-electron chi connectivity index (χ1n) is 9.58. The average Bonchev–Trinajstić information content (AvgIpc) is 3.16. The molecule has 0 bridgehead atoms. The number of fused-ring (bicyclic) bond motifs is 5. The fourth-order valence-electron chi connectivity index (χ4n) is 3.09. The number of aromatic nitrogens is 1. The van der Waals surface area contributed by atoms with E-state index < -0.39 is 17.0 Å². The summed E-state index contributed by atoms with van der Waals surface area (Å²) in [7, 11) is 10.9. The van der Waals surface area contributed by atoms with Crippen molar-refractivity contribution in [2.24, 2.45) is 0 Å². The van der Waals surface area contributed by atoms with Crippen molar-refractivity contribution in [1.82, 2.24) is 4.57 Å². The molecule has 0 amide bonds. The normalized spacial score (nSPS) is 10.5. The molecule has 4 rings (SSSR count). The van der Waals surface area contributed by atoms with Crippen molar-refractivity contribution in [2.45, 2.75) is 52.9 Å². The molecule has 0 aliphatic carbocycles. The first-order chi connectivity index (χ1) is 13.7. The van der Waals surface area contributed by atoms with Crippen molar-refractivity contribution in [3.05, 3.63) is 60.3 Å². The Balaban J connectivity index is 0.000000323. The summed E-state index contributed by atoms with van der Waals surface area (Å²) < 4.78 is 2.41. The van der Waals surface area contributed by atoms with E-state index in [1.165, 1.54) is 32.6 Å². The zero-order valence-corrected chi connectivity index (χ0v) is 22.2. The third kappa shape index (κ3) is 7.82. The van der Waals surface area contributed by atoms with Crippen LogP contribution in [0.2, 0.25) is 13.1 Å². The van der Waals surface area contributed by atoms with Gasteiger partial charge in [0.2, 0.25) is 0 Å². The molecule has 0 atom stereocenters. The Morgan fingerprint density at radius 1 is 1.00 bits per heavy atom. The van der Waals surface area contributed by atoms with Gasteiger partial charge >= 0.3 is 35.6 Å². The van der Waals surface area contributed by atoms with Gasteiger partial charge in [0.15, 0.2) is 0 Å².